The number of hydrogen-bond donors (Lipinski definition) is 1. The van der Waals surface area contributed by atoms with E-state index in [2.05, 4.69) is 39.4 Å². The molecule has 0 aromatic carbocycles. The monoisotopic (exact) mass is 480 g/mol. The van der Waals surface area contributed by atoms with E-state index < -0.39 is 11.4 Å². The molecule has 0 unspecified atom stereocenters. The minimum atomic E-state index is -0.648. The van der Waals surface area contributed by atoms with Gasteiger partial charge in [0, 0.05) is 43.0 Å². The molecule has 3 heterocycles. The van der Waals surface area contributed by atoms with Gasteiger partial charge in [0.25, 0.3) is 0 Å². The molecule has 164 valence electrons. The van der Waals surface area contributed by atoms with Gasteiger partial charge < -0.3 is 14.6 Å². The summed E-state index contributed by atoms with van der Waals surface area (Å²) in [6.45, 7) is 14.7. The molecule has 0 bridgehead atoms. The number of nitrogens with one attached hydrogen (secondary N) is 1. The first-order chi connectivity index (χ1) is 14.5. The maximum absolute atomic E-state index is 12.7. The van der Waals surface area contributed by atoms with Gasteiger partial charge in [0.2, 0.25) is 11.3 Å². The van der Waals surface area contributed by atoms with Crippen molar-refractivity contribution in [3.05, 3.63) is 51.9 Å². The van der Waals surface area contributed by atoms with Crippen LogP contribution in [-0.4, -0.2) is 59.1 Å². The number of halogens is 1. The fraction of sp³-hybridized carbons (Fsp3) is 0.429. The normalized spacial score (nSPS) is 13.4. The molecule has 1 amide bonds. The van der Waals surface area contributed by atoms with Crippen molar-refractivity contribution in [2.45, 2.75) is 27.3 Å². The molecule has 0 aliphatic carbocycles. The van der Waals surface area contributed by atoms with Crippen molar-refractivity contribution in [3.63, 3.8) is 0 Å². The second-order valence-corrected chi connectivity index (χ2v) is 6.85. The van der Waals surface area contributed by atoms with E-state index in [9.17, 15) is 14.4 Å². The number of fused-ring (bicyclic) bond motifs is 1. The van der Waals surface area contributed by atoms with Crippen LogP contribution < -0.4 is 10.7 Å². The van der Waals surface area contributed by atoms with E-state index in [0.29, 0.717) is 41.7 Å². The Hall–Kier alpha value is -2.52. The van der Waals surface area contributed by atoms with Crippen LogP contribution in [0.4, 0.5) is 0 Å². The standard InChI is InChI=1S/C17H19BrN4O4.C2H6.C2H4/c1-2-26-17(25)13-9-22(6-5-21-4-3-19-14(23)10-21)16-12(15(13)24)7-11(18)8-20-16;2*1-2/h7-9H,2-6,10H2,1H3,(H,19,23);1-2H3;1-2H2. The molecule has 30 heavy (non-hydrogen) atoms. The molecule has 8 nitrogen and oxygen atoms in total. The van der Waals surface area contributed by atoms with E-state index in [1.165, 1.54) is 6.20 Å². The van der Waals surface area contributed by atoms with Gasteiger partial charge in [-0.3, -0.25) is 14.5 Å². The molecule has 0 atom stereocenters. The summed E-state index contributed by atoms with van der Waals surface area (Å²) in [6, 6.07) is 1.65. The van der Waals surface area contributed by atoms with Gasteiger partial charge in [0.15, 0.2) is 0 Å². The van der Waals surface area contributed by atoms with Gasteiger partial charge in [0.05, 0.1) is 18.5 Å². The van der Waals surface area contributed by atoms with E-state index in [0.717, 1.165) is 6.54 Å². The lowest BCUT2D eigenvalue weighted by Gasteiger charge is -2.26. The summed E-state index contributed by atoms with van der Waals surface area (Å²) in [5, 5.41) is 3.13. The maximum atomic E-state index is 12.7. The van der Waals surface area contributed by atoms with Crippen LogP contribution in [0.5, 0.6) is 0 Å². The van der Waals surface area contributed by atoms with Gasteiger partial charge in [-0.2, -0.15) is 0 Å². The number of pyridine rings is 2. The number of carbonyl (C=O) groups excluding carboxylic acids is 2. The highest BCUT2D eigenvalue weighted by molar-refractivity contribution is 9.10. The molecule has 2 aromatic rings. The van der Waals surface area contributed by atoms with Crippen LogP contribution in [0.1, 0.15) is 31.1 Å². The first-order valence-electron chi connectivity index (χ1n) is 9.84. The molecular formula is C21H29BrN4O4. The number of piperazine rings is 1. The number of aromatic nitrogens is 2. The van der Waals surface area contributed by atoms with Crippen molar-refractivity contribution in [1.29, 1.82) is 0 Å². The summed E-state index contributed by atoms with van der Waals surface area (Å²) in [7, 11) is 0. The first-order valence-corrected chi connectivity index (χ1v) is 10.6. The highest BCUT2D eigenvalue weighted by Crippen LogP contribution is 2.16. The molecule has 0 saturated carbocycles. The molecule has 2 aromatic heterocycles. The third-order valence-corrected chi connectivity index (χ3v) is 4.58. The molecule has 1 fully saturated rings. The number of hydrogen-bond acceptors (Lipinski definition) is 6. The molecule has 1 N–H and O–H groups in total. The second-order valence-electron chi connectivity index (χ2n) is 5.94. The minimum absolute atomic E-state index is 0.00437. The molecule has 3 rings (SSSR count). The van der Waals surface area contributed by atoms with Gasteiger partial charge in [-0.25, -0.2) is 9.78 Å². The van der Waals surface area contributed by atoms with Crippen LogP contribution in [0, 0.1) is 0 Å². The number of amides is 1. The smallest absolute Gasteiger partial charge is 0.343 e. The van der Waals surface area contributed by atoms with Crippen molar-refractivity contribution < 1.29 is 14.3 Å². The Morgan fingerprint density at radius 1 is 1.30 bits per heavy atom. The lowest BCUT2D eigenvalue weighted by molar-refractivity contribution is -0.124. The quantitative estimate of drug-likeness (QED) is 0.522. The molecule has 0 radical (unpaired) electrons. The van der Waals surface area contributed by atoms with Crippen molar-refractivity contribution in [2.75, 3.05) is 32.8 Å². The number of carbonyl (C=O) groups is 2. The molecule has 0 spiro atoms. The third kappa shape index (κ3) is 6.50. The van der Waals surface area contributed by atoms with Gasteiger partial charge in [-0.15, -0.1) is 13.2 Å². The van der Waals surface area contributed by atoms with E-state index >= 15 is 0 Å². The Morgan fingerprint density at radius 2 is 2.00 bits per heavy atom. The van der Waals surface area contributed by atoms with Crippen molar-refractivity contribution in [1.82, 2.24) is 19.8 Å². The molecular weight excluding hydrogens is 452 g/mol. The Bertz CT molecular complexity index is 929. The topological polar surface area (TPSA) is 93.5 Å². The molecule has 1 saturated heterocycles. The van der Waals surface area contributed by atoms with Crippen LogP contribution >= 0.6 is 15.9 Å². The lowest BCUT2D eigenvalue weighted by Crippen LogP contribution is -2.48. The number of nitrogens with zero attached hydrogens (tertiary/aromatic N) is 3. The number of esters is 1. The fourth-order valence-electron chi connectivity index (χ4n) is 2.90. The third-order valence-electron chi connectivity index (χ3n) is 4.15. The number of ether oxygens (including phenoxy) is 1. The summed E-state index contributed by atoms with van der Waals surface area (Å²) in [5.41, 5.74) is 0.0733. The minimum Gasteiger partial charge on any atom is -0.462 e. The summed E-state index contributed by atoms with van der Waals surface area (Å²) in [5.74, 6) is -0.652. The Labute approximate surface area is 185 Å². The maximum Gasteiger partial charge on any atom is 0.343 e. The predicted molar refractivity (Wildman–Crippen MR) is 122 cm³/mol. The SMILES string of the molecule is C=C.CC.CCOC(=O)c1cn(CCN2CCNC(=O)C2)c2ncc(Br)cc2c1=O. The second kappa shape index (κ2) is 12.9. The molecule has 9 heteroatoms. The van der Waals surface area contributed by atoms with E-state index in [4.69, 9.17) is 4.74 Å². The van der Waals surface area contributed by atoms with Crippen LogP contribution in [0.25, 0.3) is 11.0 Å². The lowest BCUT2D eigenvalue weighted by atomic mass is 10.2. The number of rotatable bonds is 5. The van der Waals surface area contributed by atoms with Gasteiger partial charge >= 0.3 is 5.97 Å². The average Bonchev–Trinajstić information content (AvgIpc) is 2.76. The fourth-order valence-corrected chi connectivity index (χ4v) is 3.24. The van der Waals surface area contributed by atoms with Crippen LogP contribution in [-0.2, 0) is 16.1 Å². The van der Waals surface area contributed by atoms with Crippen LogP contribution in [0.2, 0.25) is 0 Å². The molecule has 1 aliphatic heterocycles. The largest absolute Gasteiger partial charge is 0.462 e. The van der Waals surface area contributed by atoms with Crippen molar-refractivity contribution in [2.24, 2.45) is 0 Å². The van der Waals surface area contributed by atoms with E-state index in [1.54, 1.807) is 23.8 Å². The van der Waals surface area contributed by atoms with Crippen LogP contribution in [0.3, 0.4) is 0 Å². The zero-order valence-electron chi connectivity index (χ0n) is 17.7. The Balaban J connectivity index is 0.00000106. The van der Waals surface area contributed by atoms with Crippen molar-refractivity contribution >= 4 is 38.8 Å². The first kappa shape index (κ1) is 25.5. The van der Waals surface area contributed by atoms with Gasteiger partial charge in [0.1, 0.15) is 11.2 Å². The zero-order chi connectivity index (χ0) is 22.7. The zero-order valence-corrected chi connectivity index (χ0v) is 19.3. The summed E-state index contributed by atoms with van der Waals surface area (Å²) < 4.78 is 7.42. The predicted octanol–water partition coefficient (Wildman–Crippen LogP) is 2.60. The summed E-state index contributed by atoms with van der Waals surface area (Å²) >= 11 is 3.31. The van der Waals surface area contributed by atoms with E-state index in [1.807, 2.05) is 18.7 Å². The average molecular weight is 481 g/mol. The van der Waals surface area contributed by atoms with Gasteiger partial charge in [-0.1, -0.05) is 13.8 Å². The highest BCUT2D eigenvalue weighted by Gasteiger charge is 2.19. The highest BCUT2D eigenvalue weighted by atomic mass is 79.9. The molecule has 1 aliphatic rings. The summed E-state index contributed by atoms with van der Waals surface area (Å²) in [6.07, 6.45) is 3.10. The van der Waals surface area contributed by atoms with Gasteiger partial charge in [-0.05, 0) is 28.9 Å². The Morgan fingerprint density at radius 3 is 2.63 bits per heavy atom. The van der Waals surface area contributed by atoms with Crippen molar-refractivity contribution in [3.8, 4) is 0 Å². The summed E-state index contributed by atoms with van der Waals surface area (Å²) in [4.78, 5) is 42.7. The Kier molecular flexibility index (Phi) is 11.0. The van der Waals surface area contributed by atoms with Crippen LogP contribution in [0.15, 0.2) is 40.9 Å². The van der Waals surface area contributed by atoms with E-state index in [-0.39, 0.29) is 18.1 Å².